The summed E-state index contributed by atoms with van der Waals surface area (Å²) < 4.78 is 0. The third kappa shape index (κ3) is 1.90. The van der Waals surface area contributed by atoms with Gasteiger partial charge in [0, 0.05) is 18.3 Å². The van der Waals surface area contributed by atoms with Crippen LogP contribution in [0.25, 0.3) is 0 Å². The minimum absolute atomic E-state index is 0.0355. The molecular weight excluding hydrogens is 300 g/mol. The molecule has 0 heterocycles. The number of ketones is 2. The van der Waals surface area contributed by atoms with Crippen molar-refractivity contribution in [3.63, 3.8) is 0 Å². The zero-order chi connectivity index (χ0) is 17.3. The molecule has 0 aromatic carbocycles. The van der Waals surface area contributed by atoms with Crippen LogP contribution in [0.3, 0.4) is 0 Å². The molecule has 132 valence electrons. The average molecular weight is 330 g/mol. The van der Waals surface area contributed by atoms with Gasteiger partial charge >= 0.3 is 0 Å². The van der Waals surface area contributed by atoms with Crippen LogP contribution in [0.4, 0.5) is 0 Å². The molecule has 0 aliphatic heterocycles. The number of aliphatic hydroxyl groups is 1. The predicted octanol–water partition coefficient (Wildman–Crippen LogP) is 4.61. The molecule has 4 aliphatic carbocycles. The highest BCUT2D eigenvalue weighted by molar-refractivity contribution is 5.95. The largest absolute Gasteiger partial charge is 0.504 e. The molecule has 3 nitrogen and oxygen atoms in total. The van der Waals surface area contributed by atoms with Crippen LogP contribution < -0.4 is 0 Å². The van der Waals surface area contributed by atoms with E-state index in [0.29, 0.717) is 35.9 Å². The van der Waals surface area contributed by atoms with Crippen LogP contribution >= 0.6 is 0 Å². The molecule has 3 heteroatoms. The lowest BCUT2D eigenvalue weighted by molar-refractivity contribution is -0.133. The first kappa shape index (κ1) is 16.4. The van der Waals surface area contributed by atoms with Crippen LogP contribution in [0.5, 0.6) is 0 Å². The van der Waals surface area contributed by atoms with E-state index in [1.165, 1.54) is 0 Å². The van der Waals surface area contributed by atoms with Crippen molar-refractivity contribution in [3.8, 4) is 0 Å². The van der Waals surface area contributed by atoms with Gasteiger partial charge in [0.2, 0.25) is 0 Å². The monoisotopic (exact) mass is 330 g/mol. The summed E-state index contributed by atoms with van der Waals surface area (Å²) in [4.78, 5) is 24.7. The van der Waals surface area contributed by atoms with E-state index in [-0.39, 0.29) is 22.4 Å². The van der Waals surface area contributed by atoms with Crippen LogP contribution in [0.2, 0.25) is 0 Å². The molecule has 0 amide bonds. The molecule has 6 atom stereocenters. The summed E-state index contributed by atoms with van der Waals surface area (Å²) in [5.74, 6) is 2.64. The van der Waals surface area contributed by atoms with Gasteiger partial charge in [-0.15, -0.1) is 0 Å². The zero-order valence-electron chi connectivity index (χ0n) is 15.2. The maximum Gasteiger partial charge on any atom is 0.197 e. The SMILES string of the molecule is CC[C@H]1CC(=O)[C@@]2(C)CC[C@H]3[C@@H](CCC4=C(O)C(=O)CC[C@@]43C)[C@H]12. The number of Topliss-reactive ketones (excluding diaryl/α,β-unsaturated/α-hetero) is 2. The average Bonchev–Trinajstić information content (AvgIpc) is 2.82. The van der Waals surface area contributed by atoms with Crippen LogP contribution in [0, 0.1) is 34.5 Å². The third-order valence-electron chi connectivity index (χ3n) is 8.46. The van der Waals surface area contributed by atoms with Gasteiger partial charge < -0.3 is 5.11 Å². The van der Waals surface area contributed by atoms with E-state index in [4.69, 9.17) is 0 Å². The fourth-order valence-corrected chi connectivity index (χ4v) is 7.13. The van der Waals surface area contributed by atoms with Gasteiger partial charge in [0.25, 0.3) is 0 Å². The van der Waals surface area contributed by atoms with E-state index < -0.39 is 0 Å². The Bertz CT molecular complexity index is 633. The molecule has 4 aliphatic rings. The van der Waals surface area contributed by atoms with Gasteiger partial charge in [0.15, 0.2) is 11.5 Å². The second-order valence-corrected chi connectivity index (χ2v) is 9.25. The molecule has 0 saturated heterocycles. The molecule has 1 N–H and O–H groups in total. The Balaban J connectivity index is 1.75. The number of rotatable bonds is 1. The minimum atomic E-state index is -0.119. The molecule has 0 bridgehead atoms. The minimum Gasteiger partial charge on any atom is -0.504 e. The fraction of sp³-hybridized carbons (Fsp3) is 0.810. The Morgan fingerprint density at radius 2 is 1.83 bits per heavy atom. The maximum absolute atomic E-state index is 12.7. The molecule has 0 aromatic heterocycles. The van der Waals surface area contributed by atoms with Crippen molar-refractivity contribution in [2.75, 3.05) is 0 Å². The van der Waals surface area contributed by atoms with E-state index >= 15 is 0 Å². The molecule has 24 heavy (non-hydrogen) atoms. The number of carbonyl (C=O) groups is 2. The van der Waals surface area contributed by atoms with Gasteiger partial charge in [-0.3, -0.25) is 9.59 Å². The van der Waals surface area contributed by atoms with Crippen molar-refractivity contribution in [3.05, 3.63) is 11.3 Å². The first-order valence-electron chi connectivity index (χ1n) is 9.82. The lowest BCUT2D eigenvalue weighted by Crippen LogP contribution is -2.52. The number of allylic oxidation sites excluding steroid dienone is 1. The van der Waals surface area contributed by atoms with E-state index in [1.807, 2.05) is 0 Å². The van der Waals surface area contributed by atoms with E-state index in [9.17, 15) is 14.7 Å². The summed E-state index contributed by atoms with van der Waals surface area (Å²) in [6.45, 7) is 6.73. The summed E-state index contributed by atoms with van der Waals surface area (Å²) in [5.41, 5.74) is 0.874. The molecule has 3 saturated carbocycles. The first-order valence-corrected chi connectivity index (χ1v) is 9.82. The van der Waals surface area contributed by atoms with Crippen molar-refractivity contribution in [2.24, 2.45) is 34.5 Å². The topological polar surface area (TPSA) is 54.4 Å². The highest BCUT2D eigenvalue weighted by Crippen LogP contribution is 2.66. The normalized spacial score (nSPS) is 48.1. The van der Waals surface area contributed by atoms with Crippen LogP contribution in [-0.4, -0.2) is 16.7 Å². The molecule has 3 fully saturated rings. The number of carbonyl (C=O) groups excluding carboxylic acids is 2. The molecule has 0 radical (unpaired) electrons. The maximum atomic E-state index is 12.7. The van der Waals surface area contributed by atoms with Gasteiger partial charge in [0.1, 0.15) is 5.78 Å². The highest BCUT2D eigenvalue weighted by Gasteiger charge is 2.62. The molecule has 0 spiro atoms. The van der Waals surface area contributed by atoms with E-state index in [0.717, 1.165) is 50.5 Å². The second kappa shape index (κ2) is 5.19. The van der Waals surface area contributed by atoms with Gasteiger partial charge in [0.05, 0.1) is 0 Å². The number of fused-ring (bicyclic) bond motifs is 5. The van der Waals surface area contributed by atoms with Gasteiger partial charge in [-0.1, -0.05) is 27.2 Å². The Morgan fingerprint density at radius 1 is 1.08 bits per heavy atom. The smallest absolute Gasteiger partial charge is 0.197 e. The lowest BCUT2D eigenvalue weighted by atomic mass is 9.46. The Hall–Kier alpha value is -1.12. The van der Waals surface area contributed by atoms with Crippen molar-refractivity contribution < 1.29 is 14.7 Å². The molecule has 4 rings (SSSR count). The fourth-order valence-electron chi connectivity index (χ4n) is 7.13. The Labute approximate surface area is 144 Å². The first-order chi connectivity index (χ1) is 11.3. The van der Waals surface area contributed by atoms with Gasteiger partial charge in [-0.2, -0.15) is 0 Å². The molecule has 0 unspecified atom stereocenters. The zero-order valence-corrected chi connectivity index (χ0v) is 15.2. The van der Waals surface area contributed by atoms with E-state index in [1.54, 1.807) is 0 Å². The highest BCUT2D eigenvalue weighted by atomic mass is 16.3. The summed E-state index contributed by atoms with van der Waals surface area (Å²) in [6.07, 6.45) is 7.16. The number of hydrogen-bond acceptors (Lipinski definition) is 3. The van der Waals surface area contributed by atoms with Crippen LogP contribution in [0.1, 0.15) is 72.1 Å². The Morgan fingerprint density at radius 3 is 2.54 bits per heavy atom. The van der Waals surface area contributed by atoms with Crippen LogP contribution in [-0.2, 0) is 9.59 Å². The van der Waals surface area contributed by atoms with Crippen molar-refractivity contribution in [1.29, 1.82) is 0 Å². The second-order valence-electron chi connectivity index (χ2n) is 9.25. The number of hydrogen-bond donors (Lipinski definition) is 1. The van der Waals surface area contributed by atoms with Gasteiger partial charge in [-0.05, 0) is 66.8 Å². The summed E-state index contributed by atoms with van der Waals surface area (Å²) >= 11 is 0. The van der Waals surface area contributed by atoms with E-state index in [2.05, 4.69) is 20.8 Å². The quantitative estimate of drug-likeness (QED) is 0.764. The third-order valence-corrected chi connectivity index (χ3v) is 8.46. The van der Waals surface area contributed by atoms with Crippen LogP contribution in [0.15, 0.2) is 11.3 Å². The summed E-state index contributed by atoms with van der Waals surface area (Å²) in [6, 6.07) is 0. The number of aliphatic hydroxyl groups excluding tert-OH is 1. The van der Waals surface area contributed by atoms with Crippen molar-refractivity contribution in [2.45, 2.75) is 72.1 Å². The van der Waals surface area contributed by atoms with Crippen molar-refractivity contribution in [1.82, 2.24) is 0 Å². The lowest BCUT2D eigenvalue weighted by Gasteiger charge is -2.57. The standard InChI is InChI=1S/C21H30O3/c1-4-12-11-17(23)21(3)9-7-14-13(18(12)21)5-6-15-19(24)16(22)8-10-20(14,15)2/h12-14,18,24H,4-11H2,1-3H3/t12-,13+,14-,18-,20+,21+/m0/s1. The summed E-state index contributed by atoms with van der Waals surface area (Å²) in [7, 11) is 0. The summed E-state index contributed by atoms with van der Waals surface area (Å²) in [5, 5.41) is 10.4. The Kier molecular flexibility index (Phi) is 3.54. The van der Waals surface area contributed by atoms with Crippen molar-refractivity contribution >= 4 is 11.6 Å². The molecular formula is C21H30O3. The molecule has 0 aromatic rings. The predicted molar refractivity (Wildman–Crippen MR) is 92.5 cm³/mol. The van der Waals surface area contributed by atoms with Gasteiger partial charge in [-0.25, -0.2) is 0 Å².